The number of hydrogen-bond acceptors (Lipinski definition) is 1. The minimum Gasteiger partial charge on any atom is -0.299 e. The summed E-state index contributed by atoms with van der Waals surface area (Å²) < 4.78 is 0. The Balaban J connectivity index is 1.93. The van der Waals surface area contributed by atoms with Crippen LogP contribution >= 0.6 is 0 Å². The highest BCUT2D eigenvalue weighted by Gasteiger charge is 2.52. The number of Topliss-reactive ketones (excluding diaryl/α,β-unsaturated/α-hetero) is 1. The molecule has 116 valence electrons. The van der Waals surface area contributed by atoms with Gasteiger partial charge in [-0.15, -0.1) is 0 Å². The van der Waals surface area contributed by atoms with Crippen LogP contribution in [0.25, 0.3) is 0 Å². The molecule has 1 heteroatoms. The molecule has 4 atom stereocenters. The number of rotatable bonds is 4. The molecule has 2 saturated carbocycles. The average molecular weight is 278 g/mol. The zero-order chi connectivity index (χ0) is 15.0. The van der Waals surface area contributed by atoms with E-state index >= 15 is 0 Å². The lowest BCUT2D eigenvalue weighted by atomic mass is 9.62. The molecule has 0 amide bonds. The highest BCUT2D eigenvalue weighted by Crippen LogP contribution is 2.57. The largest absolute Gasteiger partial charge is 0.299 e. The van der Waals surface area contributed by atoms with Crippen molar-refractivity contribution >= 4 is 5.78 Å². The fourth-order valence-corrected chi connectivity index (χ4v) is 5.06. The first-order valence-electron chi connectivity index (χ1n) is 8.77. The predicted octanol–water partition coefficient (Wildman–Crippen LogP) is 5.62. The zero-order valence-electron chi connectivity index (χ0n) is 14.3. The molecule has 1 unspecified atom stereocenters. The number of carbonyl (C=O) groups is 1. The predicted molar refractivity (Wildman–Crippen MR) is 85.6 cm³/mol. The number of hydrogen-bond donors (Lipinski definition) is 0. The fourth-order valence-electron chi connectivity index (χ4n) is 5.06. The van der Waals surface area contributed by atoms with Crippen molar-refractivity contribution in [3.05, 3.63) is 0 Å². The van der Waals surface area contributed by atoms with Gasteiger partial charge in [0, 0.05) is 12.3 Å². The van der Waals surface area contributed by atoms with Gasteiger partial charge in [-0.3, -0.25) is 4.79 Å². The number of carbonyl (C=O) groups excluding carboxylic acids is 1. The second kappa shape index (κ2) is 5.81. The van der Waals surface area contributed by atoms with Gasteiger partial charge in [0.15, 0.2) is 0 Å². The molecule has 2 rings (SSSR count). The topological polar surface area (TPSA) is 17.1 Å². The van der Waals surface area contributed by atoms with Crippen LogP contribution in [0.15, 0.2) is 0 Å². The molecule has 0 saturated heterocycles. The van der Waals surface area contributed by atoms with Crippen molar-refractivity contribution < 1.29 is 4.79 Å². The Hall–Kier alpha value is -0.330. The summed E-state index contributed by atoms with van der Waals surface area (Å²) in [5, 5.41) is 0. The molecular weight excluding hydrogens is 244 g/mol. The van der Waals surface area contributed by atoms with Gasteiger partial charge in [0.25, 0.3) is 0 Å². The quantitative estimate of drug-likeness (QED) is 0.652. The third-order valence-corrected chi connectivity index (χ3v) is 6.21. The monoisotopic (exact) mass is 278 g/mol. The summed E-state index contributed by atoms with van der Waals surface area (Å²) in [5.41, 5.74) is 0.791. The maximum atomic E-state index is 12.2. The van der Waals surface area contributed by atoms with E-state index in [0.29, 0.717) is 22.5 Å². The van der Waals surface area contributed by atoms with E-state index < -0.39 is 0 Å². The first-order valence-corrected chi connectivity index (χ1v) is 8.77. The van der Waals surface area contributed by atoms with Crippen LogP contribution in [0.2, 0.25) is 0 Å². The molecule has 20 heavy (non-hydrogen) atoms. The smallest absolute Gasteiger partial charge is 0.136 e. The minimum absolute atomic E-state index is 0.330. The highest BCUT2D eigenvalue weighted by atomic mass is 16.1. The Bertz CT molecular complexity index is 351. The summed E-state index contributed by atoms with van der Waals surface area (Å²) >= 11 is 0. The van der Waals surface area contributed by atoms with E-state index in [0.717, 1.165) is 24.7 Å². The van der Waals surface area contributed by atoms with Crippen molar-refractivity contribution in [1.82, 2.24) is 0 Å². The molecule has 1 nitrogen and oxygen atoms in total. The van der Waals surface area contributed by atoms with Gasteiger partial charge in [0.1, 0.15) is 5.78 Å². The van der Waals surface area contributed by atoms with E-state index in [-0.39, 0.29) is 0 Å². The van der Waals surface area contributed by atoms with Gasteiger partial charge >= 0.3 is 0 Å². The van der Waals surface area contributed by atoms with E-state index in [9.17, 15) is 4.79 Å². The maximum absolute atomic E-state index is 12.2. The van der Waals surface area contributed by atoms with Crippen molar-refractivity contribution in [3.63, 3.8) is 0 Å². The van der Waals surface area contributed by atoms with E-state index in [4.69, 9.17) is 0 Å². The lowest BCUT2D eigenvalue weighted by Crippen LogP contribution is -2.39. The lowest BCUT2D eigenvalue weighted by molar-refractivity contribution is -0.130. The van der Waals surface area contributed by atoms with Crippen LogP contribution in [0.1, 0.15) is 86.0 Å². The standard InChI is InChI=1S/C19H34O/c1-14(8-6-12-18(2,3)4)15-10-11-16-17(20)9-7-13-19(15,16)5/h14-16H,6-13H2,1-5H3/t14-,15-,16?,19-/m1/s1. The van der Waals surface area contributed by atoms with Crippen LogP contribution in [-0.4, -0.2) is 5.78 Å². The molecule has 0 aromatic carbocycles. The Labute approximate surface area is 125 Å². The summed E-state index contributed by atoms with van der Waals surface area (Å²) in [5.74, 6) is 2.55. The molecule has 0 heterocycles. The summed E-state index contributed by atoms with van der Waals surface area (Å²) in [6.07, 6.45) is 9.75. The van der Waals surface area contributed by atoms with Crippen LogP contribution < -0.4 is 0 Å². The summed E-state index contributed by atoms with van der Waals surface area (Å²) in [7, 11) is 0. The molecule has 0 N–H and O–H groups in total. The van der Waals surface area contributed by atoms with Gasteiger partial charge in [-0.1, -0.05) is 47.5 Å². The van der Waals surface area contributed by atoms with Crippen molar-refractivity contribution in [2.75, 3.05) is 0 Å². The van der Waals surface area contributed by atoms with Crippen LogP contribution in [0.4, 0.5) is 0 Å². The Morgan fingerprint density at radius 2 is 2.00 bits per heavy atom. The van der Waals surface area contributed by atoms with Gasteiger partial charge in [0.2, 0.25) is 0 Å². The van der Waals surface area contributed by atoms with Gasteiger partial charge in [-0.2, -0.15) is 0 Å². The molecule has 0 aromatic heterocycles. The summed E-state index contributed by atoms with van der Waals surface area (Å²) in [6.45, 7) is 11.9. The first kappa shape index (κ1) is 16.0. The van der Waals surface area contributed by atoms with E-state index in [1.165, 1.54) is 38.5 Å². The third-order valence-electron chi connectivity index (χ3n) is 6.21. The fraction of sp³-hybridized carbons (Fsp3) is 0.947. The Morgan fingerprint density at radius 3 is 2.65 bits per heavy atom. The van der Waals surface area contributed by atoms with Crippen molar-refractivity contribution in [2.45, 2.75) is 86.0 Å². The SMILES string of the molecule is C[C@H](CCCC(C)(C)C)[C@H]1CCC2C(=O)CCC[C@@]21C. The van der Waals surface area contributed by atoms with E-state index in [1.54, 1.807) is 0 Å². The van der Waals surface area contributed by atoms with Crippen LogP contribution in [0.5, 0.6) is 0 Å². The van der Waals surface area contributed by atoms with E-state index in [2.05, 4.69) is 34.6 Å². The van der Waals surface area contributed by atoms with Crippen molar-refractivity contribution in [1.29, 1.82) is 0 Å². The van der Waals surface area contributed by atoms with E-state index in [1.807, 2.05) is 0 Å². The average Bonchev–Trinajstić information content (AvgIpc) is 2.66. The van der Waals surface area contributed by atoms with Crippen molar-refractivity contribution in [2.24, 2.45) is 28.6 Å². The molecule has 0 aliphatic heterocycles. The summed E-state index contributed by atoms with van der Waals surface area (Å²) in [4.78, 5) is 12.2. The second-order valence-electron chi connectivity index (χ2n) is 8.99. The number of fused-ring (bicyclic) bond motifs is 1. The molecule has 2 fully saturated rings. The molecular formula is C19H34O. The minimum atomic E-state index is 0.330. The van der Waals surface area contributed by atoms with Crippen LogP contribution in [0.3, 0.4) is 0 Å². The molecule has 0 spiro atoms. The first-order chi connectivity index (χ1) is 9.24. The van der Waals surface area contributed by atoms with Gasteiger partial charge < -0.3 is 0 Å². The molecule has 0 bridgehead atoms. The highest BCUT2D eigenvalue weighted by molar-refractivity contribution is 5.83. The normalized spacial score (nSPS) is 36.0. The summed E-state index contributed by atoms with van der Waals surface area (Å²) in [6, 6.07) is 0. The maximum Gasteiger partial charge on any atom is 0.136 e. The van der Waals surface area contributed by atoms with Gasteiger partial charge in [-0.25, -0.2) is 0 Å². The van der Waals surface area contributed by atoms with Crippen LogP contribution in [0, 0.1) is 28.6 Å². The van der Waals surface area contributed by atoms with Crippen LogP contribution in [-0.2, 0) is 4.79 Å². The lowest BCUT2D eigenvalue weighted by Gasteiger charge is -2.42. The zero-order valence-corrected chi connectivity index (χ0v) is 14.3. The molecule has 2 aliphatic rings. The molecule has 0 aromatic rings. The third kappa shape index (κ3) is 3.28. The second-order valence-corrected chi connectivity index (χ2v) is 8.99. The van der Waals surface area contributed by atoms with Crippen molar-refractivity contribution in [3.8, 4) is 0 Å². The molecule has 2 aliphatic carbocycles. The number of ketones is 1. The van der Waals surface area contributed by atoms with Gasteiger partial charge in [-0.05, 0) is 54.8 Å². The Kier molecular flexibility index (Phi) is 4.66. The Morgan fingerprint density at radius 1 is 1.30 bits per heavy atom. The van der Waals surface area contributed by atoms with Gasteiger partial charge in [0.05, 0.1) is 0 Å². The molecule has 0 radical (unpaired) electrons.